The molecule has 0 aliphatic carbocycles. The van der Waals surface area contributed by atoms with Gasteiger partial charge in [0.05, 0.1) is 30.7 Å². The molecule has 3 heterocycles. The first-order valence-corrected chi connectivity index (χ1v) is 15.6. The number of rotatable bonds is 12. The molecule has 2 amide bonds. The van der Waals surface area contributed by atoms with Crippen LogP contribution in [0, 0.1) is 0 Å². The molecular formula is C31H33Cl3N8O4. The van der Waals surface area contributed by atoms with Crippen LogP contribution >= 0.6 is 34.8 Å². The molecule has 5 rings (SSSR count). The van der Waals surface area contributed by atoms with Crippen LogP contribution in [0.2, 0.25) is 15.2 Å². The Labute approximate surface area is 281 Å². The van der Waals surface area contributed by atoms with Crippen LogP contribution in [0.4, 0.5) is 11.5 Å². The van der Waals surface area contributed by atoms with E-state index >= 15 is 0 Å². The number of methoxy groups -OCH3 is 2. The maximum Gasteiger partial charge on any atom is 0.252 e. The van der Waals surface area contributed by atoms with Crippen molar-refractivity contribution in [2.45, 2.75) is 24.8 Å². The number of anilines is 2. The number of amides is 2. The molecule has 1 atom stereocenters. The number of imidazole rings is 1. The van der Waals surface area contributed by atoms with E-state index in [4.69, 9.17) is 49.3 Å². The summed E-state index contributed by atoms with van der Waals surface area (Å²) in [6.45, 7) is 1.45. The highest BCUT2D eigenvalue weighted by molar-refractivity contribution is 6.42. The van der Waals surface area contributed by atoms with E-state index in [-0.39, 0.29) is 35.0 Å². The van der Waals surface area contributed by atoms with Crippen LogP contribution in [-0.4, -0.2) is 77.3 Å². The summed E-state index contributed by atoms with van der Waals surface area (Å²) in [6, 6.07) is 12.1. The van der Waals surface area contributed by atoms with Crippen molar-refractivity contribution in [3.8, 4) is 17.4 Å². The summed E-state index contributed by atoms with van der Waals surface area (Å²) in [6.07, 6.45) is 6.03. The minimum absolute atomic E-state index is 0.154. The maximum absolute atomic E-state index is 14.3. The number of hydrogen-bond donors (Lipinski definition) is 3. The fourth-order valence-corrected chi connectivity index (χ4v) is 5.77. The molecule has 0 spiro atoms. The average Bonchev–Trinajstić information content (AvgIpc) is 3.60. The van der Waals surface area contributed by atoms with Crippen LogP contribution in [-0.2, 0) is 16.0 Å². The van der Waals surface area contributed by atoms with E-state index < -0.39 is 11.4 Å². The smallest absolute Gasteiger partial charge is 0.252 e. The zero-order valence-electron chi connectivity index (χ0n) is 25.2. The third kappa shape index (κ3) is 7.64. The normalized spacial score (nSPS) is 16.2. The van der Waals surface area contributed by atoms with E-state index in [1.54, 1.807) is 66.7 Å². The number of carbonyl (C=O) groups excluding carboxylic acids is 2. The van der Waals surface area contributed by atoms with Crippen molar-refractivity contribution >= 4 is 58.1 Å². The summed E-state index contributed by atoms with van der Waals surface area (Å²) in [5.74, 6) is 1.21. The van der Waals surface area contributed by atoms with Gasteiger partial charge in [0.1, 0.15) is 22.8 Å². The molecule has 46 heavy (non-hydrogen) atoms. The summed E-state index contributed by atoms with van der Waals surface area (Å²) in [7, 11) is 3.18. The summed E-state index contributed by atoms with van der Waals surface area (Å²) in [4.78, 5) is 42.7. The largest absolute Gasteiger partial charge is 0.493 e. The van der Waals surface area contributed by atoms with Crippen molar-refractivity contribution in [3.05, 3.63) is 81.9 Å². The van der Waals surface area contributed by atoms with Gasteiger partial charge < -0.3 is 30.3 Å². The van der Waals surface area contributed by atoms with Gasteiger partial charge in [0, 0.05) is 50.3 Å². The van der Waals surface area contributed by atoms with Crippen LogP contribution in [0.25, 0.3) is 5.95 Å². The van der Waals surface area contributed by atoms with E-state index in [1.165, 1.54) is 0 Å². The third-order valence-electron chi connectivity index (χ3n) is 7.59. The van der Waals surface area contributed by atoms with Gasteiger partial charge in [0.15, 0.2) is 11.5 Å². The van der Waals surface area contributed by atoms with Gasteiger partial charge in [-0.3, -0.25) is 14.2 Å². The Balaban J connectivity index is 1.38. The molecule has 2 aromatic carbocycles. The lowest BCUT2D eigenvalue weighted by atomic mass is 9.88. The molecule has 15 heteroatoms. The number of nitrogens with zero attached hydrogens (tertiary/aromatic N) is 5. The minimum atomic E-state index is -1.40. The lowest BCUT2D eigenvalue weighted by Crippen LogP contribution is -2.68. The molecule has 1 fully saturated rings. The predicted molar refractivity (Wildman–Crippen MR) is 178 cm³/mol. The molecule has 1 aliphatic heterocycles. The molecule has 2 aromatic heterocycles. The monoisotopic (exact) mass is 686 g/mol. The molecule has 1 aliphatic rings. The third-order valence-corrected chi connectivity index (χ3v) is 8.53. The van der Waals surface area contributed by atoms with E-state index in [1.807, 2.05) is 18.2 Å². The van der Waals surface area contributed by atoms with Gasteiger partial charge in [-0.05, 0) is 48.7 Å². The first-order chi connectivity index (χ1) is 22.2. The van der Waals surface area contributed by atoms with Crippen molar-refractivity contribution < 1.29 is 19.1 Å². The molecule has 12 nitrogen and oxygen atoms in total. The number of piperazine rings is 1. The SMILES string of the molecule is COc1ccc(CCCNC(=O)CC2(C(=O)Nc3ccc(Cl)c(Cl)c3)CNCCN2c2cc(Cl)nc(-n3ccnc3)n2)cc1OC. The number of nitrogens with one attached hydrogen (secondary N) is 3. The van der Waals surface area contributed by atoms with Gasteiger partial charge >= 0.3 is 0 Å². The van der Waals surface area contributed by atoms with Crippen LogP contribution < -0.4 is 30.3 Å². The van der Waals surface area contributed by atoms with Gasteiger partial charge in [-0.2, -0.15) is 4.98 Å². The Hall–Kier alpha value is -4.10. The molecular weight excluding hydrogens is 655 g/mol. The van der Waals surface area contributed by atoms with Gasteiger partial charge in [0.2, 0.25) is 11.9 Å². The van der Waals surface area contributed by atoms with Crippen LogP contribution in [0.3, 0.4) is 0 Å². The summed E-state index contributed by atoms with van der Waals surface area (Å²) >= 11 is 18.8. The molecule has 0 radical (unpaired) electrons. The fourth-order valence-electron chi connectivity index (χ4n) is 5.30. The van der Waals surface area contributed by atoms with Crippen molar-refractivity contribution in [1.29, 1.82) is 0 Å². The van der Waals surface area contributed by atoms with Gasteiger partial charge in [-0.15, -0.1) is 0 Å². The number of ether oxygens (including phenoxy) is 2. The van der Waals surface area contributed by atoms with Crippen molar-refractivity contribution in [1.82, 2.24) is 30.2 Å². The van der Waals surface area contributed by atoms with Crippen LogP contribution in [0.15, 0.2) is 61.2 Å². The van der Waals surface area contributed by atoms with Gasteiger partial charge in [-0.1, -0.05) is 40.9 Å². The maximum atomic E-state index is 14.3. The van der Waals surface area contributed by atoms with Crippen LogP contribution in [0.1, 0.15) is 18.4 Å². The topological polar surface area (TPSA) is 136 Å². The number of benzene rings is 2. The highest BCUT2D eigenvalue weighted by Gasteiger charge is 2.48. The molecule has 1 unspecified atom stereocenters. The van der Waals surface area contributed by atoms with E-state index in [2.05, 4.69) is 25.9 Å². The number of carbonyl (C=O) groups is 2. The number of hydrogen-bond acceptors (Lipinski definition) is 9. The first kappa shape index (κ1) is 33.3. The Morgan fingerprint density at radius 3 is 2.59 bits per heavy atom. The molecule has 242 valence electrons. The van der Waals surface area contributed by atoms with E-state index in [0.29, 0.717) is 60.5 Å². The Morgan fingerprint density at radius 1 is 1.02 bits per heavy atom. The predicted octanol–water partition coefficient (Wildman–Crippen LogP) is 4.57. The second-order valence-electron chi connectivity index (χ2n) is 10.6. The molecule has 0 saturated carbocycles. The lowest BCUT2D eigenvalue weighted by Gasteiger charge is -2.46. The standard InChI is InChI=1S/C31H33Cl3N8O4/c1-45-24-8-5-20(14-25(24)46-2)4-3-9-37-28(43)17-31(29(44)38-21-6-7-22(32)23(33)15-21)18-35-11-13-42(31)27-16-26(34)39-30(40-27)41-12-10-36-19-41/h5-8,10,12,14-16,19,35H,3-4,9,11,13,17-18H2,1-2H3,(H,37,43)(H,38,44). The quantitative estimate of drug-likeness (QED) is 0.145. The van der Waals surface area contributed by atoms with Gasteiger partial charge in [0.25, 0.3) is 5.91 Å². The highest BCUT2D eigenvalue weighted by atomic mass is 35.5. The first-order valence-electron chi connectivity index (χ1n) is 14.5. The lowest BCUT2D eigenvalue weighted by molar-refractivity contribution is -0.129. The second-order valence-corrected chi connectivity index (χ2v) is 11.8. The summed E-state index contributed by atoms with van der Waals surface area (Å²) in [5, 5.41) is 10.0. The van der Waals surface area contributed by atoms with Crippen molar-refractivity contribution in [3.63, 3.8) is 0 Å². The molecule has 3 N–H and O–H groups in total. The fraction of sp³-hybridized carbons (Fsp3) is 0.323. The zero-order valence-corrected chi connectivity index (χ0v) is 27.5. The van der Waals surface area contributed by atoms with E-state index in [9.17, 15) is 9.59 Å². The van der Waals surface area contributed by atoms with Crippen molar-refractivity contribution in [2.24, 2.45) is 0 Å². The summed E-state index contributed by atoms with van der Waals surface area (Å²) < 4.78 is 12.3. The van der Waals surface area contributed by atoms with Crippen LogP contribution in [0.5, 0.6) is 11.5 Å². The number of aryl methyl sites for hydroxylation is 1. The molecule has 1 saturated heterocycles. The Bertz CT molecular complexity index is 1690. The molecule has 0 bridgehead atoms. The van der Waals surface area contributed by atoms with Crippen molar-refractivity contribution in [2.75, 3.05) is 50.6 Å². The Kier molecular flexibility index (Phi) is 10.8. The Morgan fingerprint density at radius 2 is 1.85 bits per heavy atom. The van der Waals surface area contributed by atoms with E-state index in [0.717, 1.165) is 5.56 Å². The summed E-state index contributed by atoms with van der Waals surface area (Å²) in [5.41, 5.74) is 0.0719. The number of halogens is 3. The van der Waals surface area contributed by atoms with Gasteiger partial charge in [-0.25, -0.2) is 9.97 Å². The minimum Gasteiger partial charge on any atom is -0.493 e. The highest BCUT2D eigenvalue weighted by Crippen LogP contribution is 2.32. The zero-order chi connectivity index (χ0) is 32.7. The second kappa shape index (κ2) is 15.0. The average molecular weight is 688 g/mol. The number of aromatic nitrogens is 4. The molecule has 4 aromatic rings.